The monoisotopic (exact) mass is 398 g/mol. The van der Waals surface area contributed by atoms with Gasteiger partial charge in [-0.1, -0.05) is 12.1 Å². The van der Waals surface area contributed by atoms with Crippen molar-refractivity contribution in [2.24, 2.45) is 0 Å². The van der Waals surface area contributed by atoms with Crippen molar-refractivity contribution in [3.8, 4) is 5.75 Å². The summed E-state index contributed by atoms with van der Waals surface area (Å²) in [6.07, 6.45) is 1.02. The van der Waals surface area contributed by atoms with Crippen LogP contribution in [-0.4, -0.2) is 69.1 Å². The van der Waals surface area contributed by atoms with Crippen LogP contribution in [0.15, 0.2) is 24.3 Å². The van der Waals surface area contributed by atoms with E-state index in [1.54, 1.807) is 12.1 Å². The number of nitrogens with zero attached hydrogens (tertiary/aromatic N) is 1. The molecular formula is C19H31ClN4O3. The van der Waals surface area contributed by atoms with Gasteiger partial charge >= 0.3 is 0 Å². The molecule has 2 amide bonds. The molecule has 1 aliphatic rings. The minimum atomic E-state index is -0.173. The molecular weight excluding hydrogens is 368 g/mol. The quantitative estimate of drug-likeness (QED) is 0.513. The fourth-order valence-electron chi connectivity index (χ4n) is 2.86. The van der Waals surface area contributed by atoms with Crippen LogP contribution in [0.4, 0.5) is 0 Å². The first-order valence-electron chi connectivity index (χ1n) is 9.40. The summed E-state index contributed by atoms with van der Waals surface area (Å²) in [7, 11) is 0. The maximum absolute atomic E-state index is 12.2. The number of amides is 2. The summed E-state index contributed by atoms with van der Waals surface area (Å²) in [5.41, 5.74) is 0.523. The molecule has 0 spiro atoms. The van der Waals surface area contributed by atoms with Crippen molar-refractivity contribution in [1.29, 1.82) is 0 Å². The molecule has 152 valence electrons. The van der Waals surface area contributed by atoms with Crippen LogP contribution < -0.4 is 20.7 Å². The van der Waals surface area contributed by atoms with E-state index in [0.717, 1.165) is 32.7 Å². The normalized spacial score (nSPS) is 14.1. The zero-order chi connectivity index (χ0) is 18.6. The molecule has 27 heavy (non-hydrogen) atoms. The molecule has 0 bridgehead atoms. The highest BCUT2D eigenvalue weighted by atomic mass is 35.5. The molecule has 1 saturated heterocycles. The van der Waals surface area contributed by atoms with E-state index in [4.69, 9.17) is 4.74 Å². The van der Waals surface area contributed by atoms with E-state index < -0.39 is 0 Å². The molecule has 0 saturated carbocycles. The first-order chi connectivity index (χ1) is 12.7. The Kier molecular flexibility index (Phi) is 11.5. The summed E-state index contributed by atoms with van der Waals surface area (Å²) in [5.74, 6) is 0.440. The van der Waals surface area contributed by atoms with E-state index >= 15 is 0 Å². The Hall–Kier alpha value is -1.83. The van der Waals surface area contributed by atoms with Crippen molar-refractivity contribution in [2.45, 2.75) is 19.8 Å². The molecule has 1 aromatic rings. The van der Waals surface area contributed by atoms with Gasteiger partial charge in [0, 0.05) is 52.2 Å². The van der Waals surface area contributed by atoms with E-state index in [9.17, 15) is 9.59 Å². The average molecular weight is 399 g/mol. The average Bonchev–Trinajstić information content (AvgIpc) is 2.66. The molecule has 0 aliphatic carbocycles. The summed E-state index contributed by atoms with van der Waals surface area (Å²) in [5, 5.41) is 9.10. The van der Waals surface area contributed by atoms with E-state index in [1.807, 2.05) is 19.1 Å². The zero-order valence-corrected chi connectivity index (χ0v) is 16.8. The van der Waals surface area contributed by atoms with Gasteiger partial charge < -0.3 is 20.7 Å². The highest BCUT2D eigenvalue weighted by molar-refractivity contribution is 5.96. The van der Waals surface area contributed by atoms with Crippen LogP contribution in [0, 0.1) is 0 Å². The lowest BCUT2D eigenvalue weighted by Crippen LogP contribution is -2.46. The minimum absolute atomic E-state index is 0. The second kappa shape index (κ2) is 13.4. The molecule has 3 N–H and O–H groups in total. The number of carbonyl (C=O) groups excluding carboxylic acids is 2. The van der Waals surface area contributed by atoms with Crippen molar-refractivity contribution < 1.29 is 14.3 Å². The molecule has 1 aliphatic heterocycles. The Labute approximate surface area is 167 Å². The Morgan fingerprint density at radius 1 is 1.15 bits per heavy atom. The highest BCUT2D eigenvalue weighted by Gasteiger charge is 2.12. The van der Waals surface area contributed by atoms with Gasteiger partial charge in [-0.25, -0.2) is 0 Å². The Morgan fingerprint density at radius 2 is 1.89 bits per heavy atom. The fourth-order valence-corrected chi connectivity index (χ4v) is 2.86. The maximum atomic E-state index is 12.2. The summed E-state index contributed by atoms with van der Waals surface area (Å²) in [6.45, 7) is 8.51. The first kappa shape index (κ1) is 23.2. The van der Waals surface area contributed by atoms with Gasteiger partial charge in [-0.3, -0.25) is 14.5 Å². The number of rotatable bonds is 10. The first-order valence-corrected chi connectivity index (χ1v) is 9.40. The van der Waals surface area contributed by atoms with Crippen LogP contribution in [-0.2, 0) is 4.79 Å². The third-order valence-electron chi connectivity index (χ3n) is 4.26. The molecule has 0 atom stereocenters. The smallest absolute Gasteiger partial charge is 0.255 e. The summed E-state index contributed by atoms with van der Waals surface area (Å²) in [6, 6.07) is 7.17. The lowest BCUT2D eigenvalue weighted by Gasteiger charge is -2.27. The SMILES string of the molecule is CCOc1ccccc1C(=O)NCCCC(=O)NCCN1CCNCC1.Cl. The molecule has 1 heterocycles. The number of para-hydroxylation sites is 1. The number of nitrogens with one attached hydrogen (secondary N) is 3. The molecule has 8 heteroatoms. The maximum Gasteiger partial charge on any atom is 0.255 e. The van der Waals surface area contributed by atoms with E-state index in [2.05, 4.69) is 20.9 Å². The zero-order valence-electron chi connectivity index (χ0n) is 16.0. The van der Waals surface area contributed by atoms with Gasteiger partial charge in [0.1, 0.15) is 5.75 Å². The van der Waals surface area contributed by atoms with Gasteiger partial charge in [-0.15, -0.1) is 12.4 Å². The Balaban J connectivity index is 0.00000364. The lowest BCUT2D eigenvalue weighted by molar-refractivity contribution is -0.121. The second-order valence-corrected chi connectivity index (χ2v) is 6.23. The van der Waals surface area contributed by atoms with E-state index in [1.165, 1.54) is 0 Å². The third kappa shape index (κ3) is 8.60. The van der Waals surface area contributed by atoms with Crippen LogP contribution >= 0.6 is 12.4 Å². The van der Waals surface area contributed by atoms with Gasteiger partial charge in [0.2, 0.25) is 5.91 Å². The van der Waals surface area contributed by atoms with Crippen LogP contribution in [0.1, 0.15) is 30.1 Å². The Morgan fingerprint density at radius 3 is 2.63 bits per heavy atom. The molecule has 1 fully saturated rings. The standard InChI is InChI=1S/C19H30N4O3.ClH/c1-2-26-17-7-4-3-6-16(17)19(25)22-9-5-8-18(24)21-12-15-23-13-10-20-11-14-23;/h3-4,6-7,20H,2,5,8-15H2,1H3,(H,21,24)(H,22,25);1H. The van der Waals surface area contributed by atoms with Gasteiger partial charge in [0.15, 0.2) is 0 Å². The van der Waals surface area contributed by atoms with Crippen molar-refractivity contribution in [3.63, 3.8) is 0 Å². The van der Waals surface area contributed by atoms with Crippen LogP contribution in [0.25, 0.3) is 0 Å². The van der Waals surface area contributed by atoms with Crippen molar-refractivity contribution >= 4 is 24.2 Å². The number of hydrogen-bond acceptors (Lipinski definition) is 5. The van der Waals surface area contributed by atoms with Gasteiger partial charge in [0.05, 0.1) is 12.2 Å². The fraction of sp³-hybridized carbons (Fsp3) is 0.579. The second-order valence-electron chi connectivity index (χ2n) is 6.23. The van der Waals surface area contributed by atoms with Crippen molar-refractivity contribution in [1.82, 2.24) is 20.9 Å². The van der Waals surface area contributed by atoms with Crippen molar-refractivity contribution in [2.75, 3.05) is 52.4 Å². The molecule has 2 rings (SSSR count). The summed E-state index contributed by atoms with van der Waals surface area (Å²) in [4.78, 5) is 26.4. The van der Waals surface area contributed by atoms with E-state index in [-0.39, 0.29) is 24.2 Å². The van der Waals surface area contributed by atoms with Gasteiger partial charge in [-0.2, -0.15) is 0 Å². The third-order valence-corrected chi connectivity index (χ3v) is 4.26. The number of ether oxygens (including phenoxy) is 1. The number of hydrogen-bond donors (Lipinski definition) is 3. The van der Waals surface area contributed by atoms with Crippen LogP contribution in [0.2, 0.25) is 0 Å². The Bertz CT molecular complexity index is 580. The molecule has 7 nitrogen and oxygen atoms in total. The molecule has 1 aromatic carbocycles. The van der Waals surface area contributed by atoms with Gasteiger partial charge in [-0.05, 0) is 25.5 Å². The predicted molar refractivity (Wildman–Crippen MR) is 109 cm³/mol. The van der Waals surface area contributed by atoms with Crippen LogP contribution in [0.3, 0.4) is 0 Å². The summed E-state index contributed by atoms with van der Waals surface area (Å²) < 4.78 is 5.46. The topological polar surface area (TPSA) is 82.7 Å². The number of piperazine rings is 1. The predicted octanol–water partition coefficient (Wildman–Crippen LogP) is 1.04. The number of benzene rings is 1. The van der Waals surface area contributed by atoms with E-state index in [0.29, 0.717) is 43.9 Å². The van der Waals surface area contributed by atoms with Crippen molar-refractivity contribution in [3.05, 3.63) is 29.8 Å². The minimum Gasteiger partial charge on any atom is -0.493 e. The van der Waals surface area contributed by atoms with Gasteiger partial charge in [0.25, 0.3) is 5.91 Å². The molecule has 0 unspecified atom stereocenters. The highest BCUT2D eigenvalue weighted by Crippen LogP contribution is 2.17. The number of halogens is 1. The summed E-state index contributed by atoms with van der Waals surface area (Å²) >= 11 is 0. The lowest BCUT2D eigenvalue weighted by atomic mass is 10.2. The molecule has 0 radical (unpaired) electrons. The van der Waals surface area contributed by atoms with Crippen LogP contribution in [0.5, 0.6) is 5.75 Å². The number of carbonyl (C=O) groups is 2. The largest absolute Gasteiger partial charge is 0.493 e. The molecule has 0 aromatic heterocycles.